The zero-order valence-electron chi connectivity index (χ0n) is 12.7. The predicted molar refractivity (Wildman–Crippen MR) is 82.6 cm³/mol. The molecular weight excluding hydrogens is 300 g/mol. The van der Waals surface area contributed by atoms with E-state index in [2.05, 4.69) is 0 Å². The van der Waals surface area contributed by atoms with Crippen molar-refractivity contribution >= 4 is 22.8 Å². The number of morpholine rings is 1. The van der Waals surface area contributed by atoms with Crippen LogP contribution in [0, 0.1) is 0 Å². The van der Waals surface area contributed by atoms with E-state index >= 15 is 0 Å². The summed E-state index contributed by atoms with van der Waals surface area (Å²) in [6.45, 7) is 2.14. The van der Waals surface area contributed by atoms with E-state index in [0.717, 1.165) is 5.39 Å². The topological polar surface area (TPSA) is 92.0 Å². The summed E-state index contributed by atoms with van der Waals surface area (Å²) in [6.07, 6.45) is 1.77. The van der Waals surface area contributed by atoms with Crippen LogP contribution >= 0.6 is 0 Å². The molecule has 7 heteroatoms. The van der Waals surface area contributed by atoms with Crippen LogP contribution in [0.2, 0.25) is 0 Å². The molecule has 0 spiro atoms. The first-order chi connectivity index (χ1) is 11.0. The molecule has 0 aliphatic carbocycles. The normalized spacial score (nSPS) is 17.3. The van der Waals surface area contributed by atoms with Crippen LogP contribution in [-0.2, 0) is 16.6 Å². The van der Waals surface area contributed by atoms with Gasteiger partial charge in [0.25, 0.3) is 0 Å². The van der Waals surface area contributed by atoms with Crippen LogP contribution in [0.1, 0.15) is 22.0 Å². The molecule has 1 saturated heterocycles. The maximum Gasteiger partial charge on any atom is 0.335 e. The Balaban J connectivity index is 2.09. The van der Waals surface area contributed by atoms with E-state index in [-0.39, 0.29) is 5.56 Å². The molecule has 122 valence electrons. The third-order valence-electron chi connectivity index (χ3n) is 4.21. The summed E-state index contributed by atoms with van der Waals surface area (Å²) in [7, 11) is 1.79. The summed E-state index contributed by atoms with van der Waals surface area (Å²) >= 11 is 0. The lowest BCUT2D eigenvalue weighted by Gasteiger charge is -2.31. The van der Waals surface area contributed by atoms with Crippen LogP contribution in [0.3, 0.4) is 0 Å². The predicted octanol–water partition coefficient (Wildman–Crippen LogP) is 1.33. The van der Waals surface area contributed by atoms with Crippen molar-refractivity contribution in [3.63, 3.8) is 0 Å². The number of aryl methyl sites for hydroxylation is 1. The van der Waals surface area contributed by atoms with Gasteiger partial charge in [-0.15, -0.1) is 0 Å². The number of benzene rings is 1. The molecule has 23 heavy (non-hydrogen) atoms. The maximum absolute atomic E-state index is 11.8. The first-order valence-corrected chi connectivity index (χ1v) is 7.36. The number of rotatable bonds is 4. The number of nitrogens with zero attached hydrogens (tertiary/aromatic N) is 2. The standard InChI is InChI=1S/C16H18N2O5/c1-17-9-12(11-3-2-10(15(19)20)8-13(11)17)14(16(21)22)18-4-6-23-7-5-18/h2-3,8-9,14H,4-7H2,1H3,(H,19,20)(H,21,22). The molecule has 2 aromatic rings. The number of aromatic carboxylic acids is 1. The molecule has 1 fully saturated rings. The molecule has 2 heterocycles. The van der Waals surface area contributed by atoms with Crippen LogP contribution in [0.5, 0.6) is 0 Å². The SMILES string of the molecule is Cn1cc(C(C(=O)O)N2CCOCC2)c2ccc(C(=O)O)cc21. The minimum absolute atomic E-state index is 0.184. The molecule has 1 aromatic carbocycles. The zero-order chi connectivity index (χ0) is 16.6. The van der Waals surface area contributed by atoms with Crippen molar-refractivity contribution in [2.45, 2.75) is 6.04 Å². The van der Waals surface area contributed by atoms with Gasteiger partial charge in [0.1, 0.15) is 6.04 Å². The molecule has 1 aliphatic heterocycles. The Labute approximate surface area is 132 Å². The summed E-state index contributed by atoms with van der Waals surface area (Å²) in [5, 5.41) is 19.6. The molecule has 1 atom stereocenters. The Morgan fingerprint density at radius 2 is 1.91 bits per heavy atom. The van der Waals surface area contributed by atoms with E-state index in [9.17, 15) is 14.7 Å². The molecule has 3 rings (SSSR count). The number of carboxylic acid groups (broad SMARTS) is 2. The van der Waals surface area contributed by atoms with E-state index < -0.39 is 18.0 Å². The van der Waals surface area contributed by atoms with Gasteiger partial charge in [-0.3, -0.25) is 9.69 Å². The highest BCUT2D eigenvalue weighted by molar-refractivity contribution is 5.96. The number of aliphatic carboxylic acids is 1. The van der Waals surface area contributed by atoms with E-state index in [1.54, 1.807) is 29.9 Å². The van der Waals surface area contributed by atoms with Crippen LogP contribution in [-0.4, -0.2) is 57.9 Å². The highest BCUT2D eigenvalue weighted by Gasteiger charge is 2.31. The Bertz CT molecular complexity index is 761. The van der Waals surface area contributed by atoms with Gasteiger partial charge in [-0.2, -0.15) is 0 Å². The molecule has 1 aliphatic rings. The number of aromatic nitrogens is 1. The Kier molecular flexibility index (Phi) is 4.06. The molecule has 0 amide bonds. The number of hydrogen-bond donors (Lipinski definition) is 2. The van der Waals surface area contributed by atoms with E-state index in [0.29, 0.717) is 37.4 Å². The van der Waals surface area contributed by atoms with Crippen LogP contribution < -0.4 is 0 Å². The van der Waals surface area contributed by atoms with Gasteiger partial charge in [-0.25, -0.2) is 4.79 Å². The van der Waals surface area contributed by atoms with Crippen LogP contribution in [0.15, 0.2) is 24.4 Å². The highest BCUT2D eigenvalue weighted by Crippen LogP contribution is 2.31. The summed E-state index contributed by atoms with van der Waals surface area (Å²) in [5.41, 5.74) is 1.57. The second-order valence-electron chi connectivity index (χ2n) is 5.62. The minimum atomic E-state index is -1.00. The lowest BCUT2D eigenvalue weighted by Crippen LogP contribution is -2.42. The summed E-state index contributed by atoms with van der Waals surface area (Å²) in [4.78, 5) is 24.8. The Morgan fingerprint density at radius 3 is 2.52 bits per heavy atom. The second kappa shape index (κ2) is 6.02. The molecule has 0 bridgehead atoms. The van der Waals surface area contributed by atoms with Crippen LogP contribution in [0.25, 0.3) is 10.9 Å². The molecule has 0 radical (unpaired) electrons. The highest BCUT2D eigenvalue weighted by atomic mass is 16.5. The molecule has 7 nitrogen and oxygen atoms in total. The van der Waals surface area contributed by atoms with Gasteiger partial charge >= 0.3 is 11.9 Å². The fraction of sp³-hybridized carbons (Fsp3) is 0.375. The molecule has 1 unspecified atom stereocenters. The molecule has 0 saturated carbocycles. The van der Waals surface area contributed by atoms with E-state index in [1.807, 2.05) is 4.90 Å². The van der Waals surface area contributed by atoms with Gasteiger partial charge in [0.05, 0.1) is 18.8 Å². The van der Waals surface area contributed by atoms with Crippen molar-refractivity contribution < 1.29 is 24.5 Å². The summed E-state index contributed by atoms with van der Waals surface area (Å²) in [6, 6.07) is 3.99. The van der Waals surface area contributed by atoms with Gasteiger partial charge in [0.15, 0.2) is 0 Å². The van der Waals surface area contributed by atoms with Crippen molar-refractivity contribution in [1.82, 2.24) is 9.47 Å². The third-order valence-corrected chi connectivity index (χ3v) is 4.21. The number of fused-ring (bicyclic) bond motifs is 1. The average Bonchev–Trinajstić information content (AvgIpc) is 2.85. The number of ether oxygens (including phenoxy) is 1. The van der Waals surface area contributed by atoms with Gasteiger partial charge in [0, 0.05) is 42.8 Å². The molecule has 1 aromatic heterocycles. The smallest absolute Gasteiger partial charge is 0.335 e. The first kappa shape index (κ1) is 15.5. The van der Waals surface area contributed by atoms with E-state index in [1.165, 1.54) is 6.07 Å². The zero-order valence-corrected chi connectivity index (χ0v) is 12.7. The molecular formula is C16H18N2O5. The van der Waals surface area contributed by atoms with E-state index in [4.69, 9.17) is 9.84 Å². The second-order valence-corrected chi connectivity index (χ2v) is 5.62. The fourth-order valence-corrected chi connectivity index (χ4v) is 3.09. The molecule has 2 N–H and O–H groups in total. The van der Waals surface area contributed by atoms with Gasteiger partial charge in [-0.05, 0) is 12.1 Å². The van der Waals surface area contributed by atoms with Gasteiger partial charge < -0.3 is 19.5 Å². The van der Waals surface area contributed by atoms with Crippen molar-refractivity contribution in [3.8, 4) is 0 Å². The third kappa shape index (κ3) is 2.80. The Morgan fingerprint density at radius 1 is 1.22 bits per heavy atom. The lowest BCUT2D eigenvalue weighted by molar-refractivity contribution is -0.145. The average molecular weight is 318 g/mol. The van der Waals surface area contributed by atoms with Crippen molar-refractivity contribution in [2.75, 3.05) is 26.3 Å². The van der Waals surface area contributed by atoms with Gasteiger partial charge in [-0.1, -0.05) is 6.07 Å². The first-order valence-electron chi connectivity index (χ1n) is 7.36. The Hall–Kier alpha value is -2.38. The van der Waals surface area contributed by atoms with Crippen LogP contribution in [0.4, 0.5) is 0 Å². The minimum Gasteiger partial charge on any atom is -0.480 e. The van der Waals surface area contributed by atoms with Crippen molar-refractivity contribution in [3.05, 3.63) is 35.5 Å². The lowest BCUT2D eigenvalue weighted by atomic mass is 10.0. The maximum atomic E-state index is 11.8. The number of carbonyl (C=O) groups is 2. The quantitative estimate of drug-likeness (QED) is 0.884. The number of hydrogen-bond acceptors (Lipinski definition) is 4. The monoisotopic (exact) mass is 318 g/mol. The van der Waals surface area contributed by atoms with Crippen molar-refractivity contribution in [1.29, 1.82) is 0 Å². The summed E-state index contributed by atoms with van der Waals surface area (Å²) < 4.78 is 7.07. The largest absolute Gasteiger partial charge is 0.480 e. The van der Waals surface area contributed by atoms with Crippen molar-refractivity contribution in [2.24, 2.45) is 7.05 Å². The fourth-order valence-electron chi connectivity index (χ4n) is 3.09. The summed E-state index contributed by atoms with van der Waals surface area (Å²) in [5.74, 6) is -1.92. The number of carboxylic acids is 2. The van der Waals surface area contributed by atoms with Gasteiger partial charge in [0.2, 0.25) is 0 Å².